The second-order valence-corrected chi connectivity index (χ2v) is 7.98. The summed E-state index contributed by atoms with van der Waals surface area (Å²) in [6.07, 6.45) is 3.56. The number of hydrogen-bond acceptors (Lipinski definition) is 4. The first-order chi connectivity index (χ1) is 14.6. The number of ether oxygens (including phenoxy) is 2. The lowest BCUT2D eigenvalue weighted by atomic mass is 9.83. The Balaban J connectivity index is 1.39. The third-order valence-electron chi connectivity index (χ3n) is 6.19. The van der Waals surface area contributed by atoms with Gasteiger partial charge in [0.1, 0.15) is 0 Å². The summed E-state index contributed by atoms with van der Waals surface area (Å²) in [6.45, 7) is 0.998. The molecular weight excluding hydrogens is 380 g/mol. The van der Waals surface area contributed by atoms with E-state index in [0.717, 1.165) is 19.3 Å². The number of methoxy groups -OCH3 is 2. The molecule has 2 aromatic carbocycles. The fourth-order valence-corrected chi connectivity index (χ4v) is 4.56. The lowest BCUT2D eigenvalue weighted by molar-refractivity contribution is -0.126. The molecule has 1 saturated heterocycles. The summed E-state index contributed by atoms with van der Waals surface area (Å²) < 4.78 is 10.6. The molecule has 158 valence electrons. The average molecular weight is 408 g/mol. The molecule has 2 atom stereocenters. The third kappa shape index (κ3) is 3.99. The van der Waals surface area contributed by atoms with Crippen LogP contribution in [-0.2, 0) is 16.0 Å². The molecule has 0 spiro atoms. The van der Waals surface area contributed by atoms with Gasteiger partial charge in [-0.25, -0.2) is 0 Å². The summed E-state index contributed by atoms with van der Waals surface area (Å²) in [4.78, 5) is 27.1. The number of amides is 2. The van der Waals surface area contributed by atoms with E-state index < -0.39 is 0 Å². The summed E-state index contributed by atoms with van der Waals surface area (Å²) in [7, 11) is 3.14. The van der Waals surface area contributed by atoms with Crippen molar-refractivity contribution in [2.45, 2.75) is 31.6 Å². The second kappa shape index (κ2) is 8.78. The van der Waals surface area contributed by atoms with Crippen molar-refractivity contribution < 1.29 is 19.1 Å². The Labute approximate surface area is 177 Å². The highest BCUT2D eigenvalue weighted by Crippen LogP contribution is 2.34. The molecule has 0 bridgehead atoms. The average Bonchev–Trinajstić information content (AvgIpc) is 3.18. The summed E-state index contributed by atoms with van der Waals surface area (Å²) >= 11 is 0. The van der Waals surface area contributed by atoms with Crippen LogP contribution in [-0.4, -0.2) is 39.1 Å². The fraction of sp³-hybridized carbons (Fsp3) is 0.417. The Morgan fingerprint density at radius 3 is 2.73 bits per heavy atom. The maximum absolute atomic E-state index is 12.8. The van der Waals surface area contributed by atoms with Crippen LogP contribution < -0.4 is 19.7 Å². The Bertz CT molecular complexity index is 943. The van der Waals surface area contributed by atoms with Crippen molar-refractivity contribution in [2.75, 3.05) is 32.2 Å². The molecule has 6 heteroatoms. The number of nitrogens with zero attached hydrogens (tertiary/aromatic N) is 1. The molecule has 0 saturated carbocycles. The maximum Gasteiger partial charge on any atom is 0.227 e. The van der Waals surface area contributed by atoms with E-state index in [1.807, 2.05) is 6.07 Å². The molecule has 1 aliphatic heterocycles. The second-order valence-electron chi connectivity index (χ2n) is 7.98. The van der Waals surface area contributed by atoms with Crippen molar-refractivity contribution in [2.24, 2.45) is 5.92 Å². The molecule has 1 N–H and O–H groups in total. The molecule has 1 aliphatic carbocycles. The van der Waals surface area contributed by atoms with Gasteiger partial charge in [-0.2, -0.15) is 0 Å². The van der Waals surface area contributed by atoms with Gasteiger partial charge in [0.2, 0.25) is 11.8 Å². The molecule has 0 radical (unpaired) electrons. The SMILES string of the molecule is COc1ccc(N2CC(C(=O)NCC3CCCc4ccccc43)CC2=O)cc1OC. The molecule has 0 aromatic heterocycles. The van der Waals surface area contributed by atoms with E-state index in [4.69, 9.17) is 9.47 Å². The molecular formula is C24H28N2O4. The van der Waals surface area contributed by atoms with Gasteiger partial charge in [0, 0.05) is 37.2 Å². The van der Waals surface area contributed by atoms with Gasteiger partial charge in [-0.15, -0.1) is 0 Å². The lowest BCUT2D eigenvalue weighted by Crippen LogP contribution is -2.36. The minimum atomic E-state index is -0.343. The molecule has 6 nitrogen and oxygen atoms in total. The topological polar surface area (TPSA) is 67.9 Å². The minimum absolute atomic E-state index is 0.0469. The van der Waals surface area contributed by atoms with Crippen LogP contribution in [0.25, 0.3) is 0 Å². The van der Waals surface area contributed by atoms with Crippen LogP contribution in [0.5, 0.6) is 11.5 Å². The fourth-order valence-electron chi connectivity index (χ4n) is 4.56. The predicted molar refractivity (Wildman–Crippen MR) is 115 cm³/mol. The smallest absolute Gasteiger partial charge is 0.227 e. The van der Waals surface area contributed by atoms with E-state index in [0.29, 0.717) is 36.2 Å². The van der Waals surface area contributed by atoms with Crippen LogP contribution in [0.4, 0.5) is 5.69 Å². The molecule has 1 fully saturated rings. The highest BCUT2D eigenvalue weighted by Gasteiger charge is 2.35. The van der Waals surface area contributed by atoms with Crippen molar-refractivity contribution in [3.63, 3.8) is 0 Å². The van der Waals surface area contributed by atoms with E-state index in [-0.39, 0.29) is 24.2 Å². The van der Waals surface area contributed by atoms with Gasteiger partial charge in [-0.1, -0.05) is 24.3 Å². The quantitative estimate of drug-likeness (QED) is 0.796. The maximum atomic E-state index is 12.8. The highest BCUT2D eigenvalue weighted by molar-refractivity contribution is 6.00. The third-order valence-corrected chi connectivity index (χ3v) is 6.19. The number of hydrogen-bond donors (Lipinski definition) is 1. The normalized spacial score (nSPS) is 20.6. The van der Waals surface area contributed by atoms with Crippen molar-refractivity contribution in [1.29, 1.82) is 0 Å². The van der Waals surface area contributed by atoms with E-state index in [1.165, 1.54) is 11.1 Å². The molecule has 2 aromatic rings. The van der Waals surface area contributed by atoms with Gasteiger partial charge in [0.25, 0.3) is 0 Å². The number of carbonyl (C=O) groups is 2. The summed E-state index contributed by atoms with van der Waals surface area (Å²) in [6, 6.07) is 13.9. The molecule has 2 unspecified atom stereocenters. The molecule has 1 heterocycles. The summed E-state index contributed by atoms with van der Waals surface area (Å²) in [5, 5.41) is 3.11. The van der Waals surface area contributed by atoms with Crippen LogP contribution in [0, 0.1) is 5.92 Å². The molecule has 2 amide bonds. The van der Waals surface area contributed by atoms with Crippen molar-refractivity contribution in [3.05, 3.63) is 53.6 Å². The summed E-state index contributed by atoms with van der Waals surface area (Å²) in [5.74, 6) is 1.07. The number of carbonyl (C=O) groups excluding carboxylic acids is 2. The van der Waals surface area contributed by atoms with Crippen molar-refractivity contribution >= 4 is 17.5 Å². The number of aryl methyl sites for hydroxylation is 1. The van der Waals surface area contributed by atoms with E-state index in [9.17, 15) is 9.59 Å². The Kier molecular flexibility index (Phi) is 5.93. The van der Waals surface area contributed by atoms with Crippen molar-refractivity contribution in [3.8, 4) is 11.5 Å². The predicted octanol–water partition coefficient (Wildman–Crippen LogP) is 3.29. The zero-order valence-corrected chi connectivity index (χ0v) is 17.5. The molecule has 30 heavy (non-hydrogen) atoms. The van der Waals surface area contributed by atoms with Gasteiger partial charge in [0.15, 0.2) is 11.5 Å². The first kappa shape index (κ1) is 20.3. The van der Waals surface area contributed by atoms with Crippen LogP contribution in [0.15, 0.2) is 42.5 Å². The number of benzene rings is 2. The first-order valence-electron chi connectivity index (χ1n) is 10.5. The van der Waals surface area contributed by atoms with Gasteiger partial charge in [0.05, 0.1) is 20.1 Å². The van der Waals surface area contributed by atoms with Crippen LogP contribution in [0.2, 0.25) is 0 Å². The lowest BCUT2D eigenvalue weighted by Gasteiger charge is -2.26. The van der Waals surface area contributed by atoms with Gasteiger partial charge in [-0.05, 0) is 42.5 Å². The standard InChI is InChI=1S/C24H28N2O4/c1-29-21-11-10-19(13-22(21)30-2)26-15-18(12-23(26)27)24(28)25-14-17-8-5-7-16-6-3-4-9-20(16)17/h3-4,6,9-11,13,17-18H,5,7-8,12,14-15H2,1-2H3,(H,25,28). The Hall–Kier alpha value is -3.02. The molecule has 4 rings (SSSR count). The van der Waals surface area contributed by atoms with E-state index >= 15 is 0 Å². The monoisotopic (exact) mass is 408 g/mol. The molecule has 2 aliphatic rings. The number of rotatable bonds is 6. The highest BCUT2D eigenvalue weighted by atomic mass is 16.5. The minimum Gasteiger partial charge on any atom is -0.493 e. The zero-order valence-electron chi connectivity index (χ0n) is 17.5. The van der Waals surface area contributed by atoms with E-state index in [2.05, 4.69) is 29.6 Å². The van der Waals surface area contributed by atoms with Crippen molar-refractivity contribution in [1.82, 2.24) is 5.32 Å². The van der Waals surface area contributed by atoms with E-state index in [1.54, 1.807) is 31.3 Å². The van der Waals surface area contributed by atoms with Gasteiger partial charge in [-0.3, -0.25) is 9.59 Å². The number of fused-ring (bicyclic) bond motifs is 1. The van der Waals surface area contributed by atoms with Crippen LogP contribution >= 0.6 is 0 Å². The van der Waals surface area contributed by atoms with Gasteiger partial charge < -0.3 is 19.7 Å². The Morgan fingerprint density at radius 1 is 1.13 bits per heavy atom. The Morgan fingerprint density at radius 2 is 1.93 bits per heavy atom. The number of nitrogens with one attached hydrogen (secondary N) is 1. The van der Waals surface area contributed by atoms with Crippen LogP contribution in [0.3, 0.4) is 0 Å². The first-order valence-corrected chi connectivity index (χ1v) is 10.5. The summed E-state index contributed by atoms with van der Waals surface area (Å²) in [5.41, 5.74) is 3.45. The number of anilines is 1. The van der Waals surface area contributed by atoms with Crippen LogP contribution in [0.1, 0.15) is 36.3 Å². The zero-order chi connectivity index (χ0) is 21.1. The largest absolute Gasteiger partial charge is 0.493 e. The van der Waals surface area contributed by atoms with Gasteiger partial charge >= 0.3 is 0 Å².